The zero-order valence-electron chi connectivity index (χ0n) is 14.4. The third-order valence-electron chi connectivity index (χ3n) is 5.49. The lowest BCUT2D eigenvalue weighted by molar-refractivity contribution is 0.413. The van der Waals surface area contributed by atoms with Crippen LogP contribution in [-0.2, 0) is 0 Å². The number of halogens is 1. The van der Waals surface area contributed by atoms with Gasteiger partial charge in [-0.3, -0.25) is 8.99 Å². The lowest BCUT2D eigenvalue weighted by Crippen LogP contribution is -2.28. The van der Waals surface area contributed by atoms with Gasteiger partial charge in [-0.15, -0.1) is 10.2 Å². The van der Waals surface area contributed by atoms with E-state index in [2.05, 4.69) is 31.3 Å². The van der Waals surface area contributed by atoms with Gasteiger partial charge < -0.3 is 9.42 Å². The molecule has 0 unspecified atom stereocenters. The van der Waals surface area contributed by atoms with E-state index in [1.54, 1.807) is 4.42 Å². The van der Waals surface area contributed by atoms with Gasteiger partial charge in [-0.2, -0.15) is 4.98 Å². The zero-order chi connectivity index (χ0) is 18.0. The number of aromatic nitrogens is 5. The van der Waals surface area contributed by atoms with Crippen LogP contribution in [0.1, 0.15) is 37.4 Å². The number of nitrogens with zero attached hydrogens (tertiary/aromatic N) is 7. The summed E-state index contributed by atoms with van der Waals surface area (Å²) in [6.45, 7) is 0.544. The SMILES string of the molecule is ClN1C=C2N(C1)c1ccccc1-c1nnc(-c3nc(C4CCCC4)no3)n12. The minimum Gasteiger partial charge on any atom is -0.330 e. The Morgan fingerprint density at radius 1 is 1.07 bits per heavy atom. The highest BCUT2D eigenvalue weighted by Crippen LogP contribution is 2.44. The summed E-state index contributed by atoms with van der Waals surface area (Å²) in [5.41, 5.74) is 2.05. The Kier molecular flexibility index (Phi) is 3.13. The maximum atomic E-state index is 6.29. The fourth-order valence-electron chi connectivity index (χ4n) is 4.21. The summed E-state index contributed by atoms with van der Waals surface area (Å²) in [6.07, 6.45) is 6.54. The minimum absolute atomic E-state index is 0.382. The maximum Gasteiger partial charge on any atom is 0.296 e. The zero-order valence-corrected chi connectivity index (χ0v) is 15.2. The van der Waals surface area contributed by atoms with Crippen molar-refractivity contribution < 1.29 is 4.52 Å². The number of benzene rings is 1. The van der Waals surface area contributed by atoms with Gasteiger partial charge in [0.25, 0.3) is 5.89 Å². The van der Waals surface area contributed by atoms with Gasteiger partial charge in [0.2, 0.25) is 5.82 Å². The summed E-state index contributed by atoms with van der Waals surface area (Å²) < 4.78 is 9.13. The molecule has 0 spiro atoms. The van der Waals surface area contributed by atoms with E-state index in [4.69, 9.17) is 16.3 Å². The van der Waals surface area contributed by atoms with Crippen molar-refractivity contribution in [3.05, 3.63) is 36.3 Å². The Bertz CT molecular complexity index is 1070. The summed E-state index contributed by atoms with van der Waals surface area (Å²) in [5.74, 6) is 3.71. The Balaban J connectivity index is 1.51. The van der Waals surface area contributed by atoms with Crippen LogP contribution < -0.4 is 4.90 Å². The van der Waals surface area contributed by atoms with Gasteiger partial charge in [-0.1, -0.05) is 30.1 Å². The summed E-state index contributed by atoms with van der Waals surface area (Å²) in [6, 6.07) is 8.09. The van der Waals surface area contributed by atoms with E-state index >= 15 is 0 Å². The van der Waals surface area contributed by atoms with E-state index in [9.17, 15) is 0 Å². The van der Waals surface area contributed by atoms with Gasteiger partial charge >= 0.3 is 0 Å². The van der Waals surface area contributed by atoms with Gasteiger partial charge in [0, 0.05) is 23.3 Å². The average Bonchev–Trinajstić information content (AvgIpc) is 3.44. The fraction of sp³-hybridized carbons (Fsp3) is 0.333. The molecule has 0 bridgehead atoms. The van der Waals surface area contributed by atoms with Crippen LogP contribution in [0.15, 0.2) is 35.0 Å². The molecule has 3 aliphatic rings. The summed E-state index contributed by atoms with van der Waals surface area (Å²) >= 11 is 6.29. The Hall–Kier alpha value is -2.87. The highest BCUT2D eigenvalue weighted by atomic mass is 35.5. The summed E-state index contributed by atoms with van der Waals surface area (Å²) in [7, 11) is 0. The Morgan fingerprint density at radius 2 is 1.89 bits per heavy atom. The fourth-order valence-corrected chi connectivity index (χ4v) is 4.40. The van der Waals surface area contributed by atoms with Crippen molar-refractivity contribution in [1.29, 1.82) is 0 Å². The van der Waals surface area contributed by atoms with Crippen molar-refractivity contribution >= 4 is 23.3 Å². The van der Waals surface area contributed by atoms with Crippen molar-refractivity contribution in [3.8, 4) is 23.1 Å². The molecule has 0 atom stereocenters. The first-order chi connectivity index (χ1) is 13.3. The predicted molar refractivity (Wildman–Crippen MR) is 99.3 cm³/mol. The first-order valence-corrected chi connectivity index (χ1v) is 9.44. The molecule has 4 heterocycles. The van der Waals surface area contributed by atoms with Crippen molar-refractivity contribution in [3.63, 3.8) is 0 Å². The predicted octanol–water partition coefficient (Wildman–Crippen LogP) is 3.66. The first-order valence-electron chi connectivity index (χ1n) is 9.10. The molecule has 2 aromatic heterocycles. The largest absolute Gasteiger partial charge is 0.330 e. The van der Waals surface area contributed by atoms with Crippen molar-refractivity contribution in [2.45, 2.75) is 31.6 Å². The van der Waals surface area contributed by atoms with Crippen LogP contribution in [0.4, 0.5) is 5.69 Å². The van der Waals surface area contributed by atoms with Crippen LogP contribution in [0.2, 0.25) is 0 Å². The highest BCUT2D eigenvalue weighted by molar-refractivity contribution is 6.15. The van der Waals surface area contributed by atoms with Gasteiger partial charge in [0.1, 0.15) is 12.5 Å². The van der Waals surface area contributed by atoms with E-state index in [-0.39, 0.29) is 0 Å². The second-order valence-electron chi connectivity index (χ2n) is 7.10. The Labute approximate surface area is 160 Å². The Morgan fingerprint density at radius 3 is 2.78 bits per heavy atom. The third-order valence-corrected chi connectivity index (χ3v) is 5.69. The van der Waals surface area contributed by atoms with Gasteiger partial charge in [-0.25, -0.2) is 0 Å². The molecule has 0 saturated heterocycles. The van der Waals surface area contributed by atoms with Crippen LogP contribution in [-0.4, -0.2) is 36.0 Å². The molecule has 6 rings (SSSR count). The molecule has 1 aliphatic carbocycles. The van der Waals surface area contributed by atoms with Gasteiger partial charge in [-0.05, 0) is 25.0 Å². The molecule has 1 fully saturated rings. The van der Waals surface area contributed by atoms with Crippen molar-refractivity contribution in [2.24, 2.45) is 0 Å². The molecular formula is C18H16ClN7O. The first kappa shape index (κ1) is 15.2. The molecule has 0 N–H and O–H groups in total. The molecule has 2 aliphatic heterocycles. The summed E-state index contributed by atoms with van der Waals surface area (Å²) in [4.78, 5) is 6.76. The monoisotopic (exact) mass is 381 g/mol. The number of para-hydroxylation sites is 1. The second-order valence-corrected chi connectivity index (χ2v) is 7.53. The average molecular weight is 382 g/mol. The van der Waals surface area contributed by atoms with Gasteiger partial charge in [0.15, 0.2) is 11.6 Å². The quantitative estimate of drug-likeness (QED) is 0.627. The molecule has 1 aromatic carbocycles. The van der Waals surface area contributed by atoms with Crippen LogP contribution in [0, 0.1) is 0 Å². The minimum atomic E-state index is 0.382. The van der Waals surface area contributed by atoms with E-state index in [1.807, 2.05) is 29.0 Å². The normalized spacial score (nSPS) is 18.5. The molecule has 3 aromatic rings. The number of fused-ring (bicyclic) bond motifs is 6. The van der Waals surface area contributed by atoms with E-state index < -0.39 is 0 Å². The standard InChI is InChI=1S/C18H16ClN7O/c19-24-9-14-25(10-24)13-8-4-3-7-12(13)16-21-22-17(26(14)16)18-20-15(23-27-18)11-5-1-2-6-11/h3-4,7-9,11H,1-2,5-6,10H2. The van der Waals surface area contributed by atoms with Crippen LogP contribution >= 0.6 is 11.8 Å². The molecule has 136 valence electrons. The molecule has 8 nitrogen and oxygen atoms in total. The number of hydrogen-bond acceptors (Lipinski definition) is 7. The van der Waals surface area contributed by atoms with Crippen LogP contribution in [0.5, 0.6) is 0 Å². The maximum absolute atomic E-state index is 6.29. The van der Waals surface area contributed by atoms with Gasteiger partial charge in [0.05, 0.1) is 11.9 Å². The number of rotatable bonds is 2. The highest BCUT2D eigenvalue weighted by Gasteiger charge is 2.36. The smallest absolute Gasteiger partial charge is 0.296 e. The van der Waals surface area contributed by atoms with Crippen LogP contribution in [0.25, 0.3) is 28.9 Å². The second kappa shape index (κ2) is 5.56. The molecular weight excluding hydrogens is 366 g/mol. The molecule has 0 amide bonds. The molecule has 1 saturated carbocycles. The van der Waals surface area contributed by atoms with Crippen molar-refractivity contribution in [2.75, 3.05) is 11.6 Å². The lowest BCUT2D eigenvalue weighted by Gasteiger charge is -2.29. The van der Waals surface area contributed by atoms with E-state index in [0.717, 1.165) is 41.6 Å². The number of hydrogen-bond donors (Lipinski definition) is 0. The third kappa shape index (κ3) is 2.16. The lowest BCUT2D eigenvalue weighted by atomic mass is 10.1. The van der Waals surface area contributed by atoms with E-state index in [0.29, 0.717) is 24.3 Å². The van der Waals surface area contributed by atoms with E-state index in [1.165, 1.54) is 12.8 Å². The molecule has 27 heavy (non-hydrogen) atoms. The summed E-state index contributed by atoms with van der Waals surface area (Å²) in [5, 5.41) is 13.0. The molecule has 0 radical (unpaired) electrons. The topological polar surface area (TPSA) is 76.1 Å². The number of anilines is 1. The molecule has 9 heteroatoms. The van der Waals surface area contributed by atoms with Crippen LogP contribution in [0.3, 0.4) is 0 Å². The van der Waals surface area contributed by atoms with Crippen molar-refractivity contribution in [1.82, 2.24) is 29.3 Å².